The van der Waals surface area contributed by atoms with E-state index in [0.717, 1.165) is 31.8 Å². The molecule has 1 unspecified atom stereocenters. The van der Waals surface area contributed by atoms with E-state index in [2.05, 4.69) is 11.9 Å². The van der Waals surface area contributed by atoms with E-state index in [1.807, 2.05) is 4.90 Å². The van der Waals surface area contributed by atoms with Crippen molar-refractivity contribution in [3.05, 3.63) is 35.6 Å². The summed E-state index contributed by atoms with van der Waals surface area (Å²) in [4.78, 5) is 6.22. The maximum atomic E-state index is 13.5. The van der Waals surface area contributed by atoms with Crippen molar-refractivity contribution in [2.45, 2.75) is 25.9 Å². The molecule has 1 aromatic carbocycles. The first kappa shape index (κ1) is 18.2. The summed E-state index contributed by atoms with van der Waals surface area (Å²) in [5.74, 6) is 0.746. The number of aliphatic hydroxyl groups is 1. The predicted octanol–water partition coefficient (Wildman–Crippen LogP) is 2.52. The van der Waals surface area contributed by atoms with Crippen LogP contribution in [0.5, 0.6) is 0 Å². The SMILES string of the molecule is CC1CCN(C(N)=NCC(O)c2ccccc2F)CC1.I. The molecule has 0 aliphatic carbocycles. The fraction of sp³-hybridized carbons (Fsp3) is 0.533. The molecule has 1 aliphatic heterocycles. The Morgan fingerprint density at radius 2 is 2.05 bits per heavy atom. The molecule has 1 fully saturated rings. The number of halogens is 2. The number of likely N-dealkylation sites (tertiary alicyclic amines) is 1. The zero-order valence-corrected chi connectivity index (χ0v) is 14.5. The molecule has 118 valence electrons. The highest BCUT2D eigenvalue weighted by Crippen LogP contribution is 2.18. The predicted molar refractivity (Wildman–Crippen MR) is 93.2 cm³/mol. The van der Waals surface area contributed by atoms with Crippen molar-refractivity contribution in [3.63, 3.8) is 0 Å². The van der Waals surface area contributed by atoms with Crippen LogP contribution >= 0.6 is 24.0 Å². The molecule has 1 aliphatic rings. The van der Waals surface area contributed by atoms with Gasteiger partial charge in [0.1, 0.15) is 11.9 Å². The number of hydrogen-bond donors (Lipinski definition) is 2. The molecule has 1 heterocycles. The quantitative estimate of drug-likeness (QED) is 0.460. The smallest absolute Gasteiger partial charge is 0.191 e. The molecule has 0 saturated carbocycles. The maximum Gasteiger partial charge on any atom is 0.191 e. The normalized spacial score (nSPS) is 18.2. The van der Waals surface area contributed by atoms with E-state index in [1.165, 1.54) is 6.07 Å². The maximum absolute atomic E-state index is 13.5. The van der Waals surface area contributed by atoms with Crippen molar-refractivity contribution < 1.29 is 9.50 Å². The number of aliphatic imine (C=N–C) groups is 1. The standard InChI is InChI=1S/C15H22FN3O.HI/c1-11-6-8-19(9-7-11)15(17)18-10-14(20)12-4-2-3-5-13(12)16;/h2-5,11,14,20H,6-10H2,1H3,(H2,17,18);1H. The number of hydrogen-bond acceptors (Lipinski definition) is 2. The minimum atomic E-state index is -0.960. The Balaban J connectivity index is 0.00000220. The number of benzene rings is 1. The van der Waals surface area contributed by atoms with Gasteiger partial charge in [0.2, 0.25) is 0 Å². The number of aliphatic hydroxyl groups excluding tert-OH is 1. The van der Waals surface area contributed by atoms with Crippen molar-refractivity contribution in [1.29, 1.82) is 0 Å². The fourth-order valence-electron chi connectivity index (χ4n) is 2.36. The van der Waals surface area contributed by atoms with Crippen molar-refractivity contribution in [2.75, 3.05) is 19.6 Å². The average molecular weight is 407 g/mol. The van der Waals surface area contributed by atoms with Gasteiger partial charge in [0.15, 0.2) is 5.96 Å². The zero-order valence-electron chi connectivity index (χ0n) is 12.2. The summed E-state index contributed by atoms with van der Waals surface area (Å²) < 4.78 is 13.5. The Morgan fingerprint density at radius 3 is 2.67 bits per heavy atom. The van der Waals surface area contributed by atoms with Gasteiger partial charge in [-0.1, -0.05) is 25.1 Å². The van der Waals surface area contributed by atoms with E-state index in [4.69, 9.17) is 5.73 Å². The summed E-state index contributed by atoms with van der Waals surface area (Å²) in [6.45, 7) is 4.10. The van der Waals surface area contributed by atoms with Crippen molar-refractivity contribution >= 4 is 29.9 Å². The first-order valence-electron chi connectivity index (χ1n) is 7.05. The average Bonchev–Trinajstić information content (AvgIpc) is 2.45. The minimum Gasteiger partial charge on any atom is -0.386 e. The van der Waals surface area contributed by atoms with Gasteiger partial charge >= 0.3 is 0 Å². The van der Waals surface area contributed by atoms with E-state index < -0.39 is 11.9 Å². The molecule has 0 amide bonds. The monoisotopic (exact) mass is 407 g/mol. The molecule has 0 bridgehead atoms. The van der Waals surface area contributed by atoms with Crippen LogP contribution < -0.4 is 5.73 Å². The Bertz CT molecular complexity index is 476. The van der Waals surface area contributed by atoms with Crippen LogP contribution in [-0.2, 0) is 0 Å². The zero-order chi connectivity index (χ0) is 14.5. The van der Waals surface area contributed by atoms with Crippen LogP contribution in [0.1, 0.15) is 31.4 Å². The number of rotatable bonds is 3. The van der Waals surface area contributed by atoms with E-state index in [1.54, 1.807) is 18.2 Å². The third-order valence-corrected chi connectivity index (χ3v) is 3.80. The summed E-state index contributed by atoms with van der Waals surface area (Å²) in [6, 6.07) is 6.19. The molecule has 2 rings (SSSR count). The molecule has 4 nitrogen and oxygen atoms in total. The van der Waals surface area contributed by atoms with Gasteiger partial charge < -0.3 is 15.7 Å². The summed E-state index contributed by atoms with van der Waals surface area (Å²) in [5.41, 5.74) is 6.19. The Morgan fingerprint density at radius 1 is 1.43 bits per heavy atom. The second kappa shape index (κ2) is 8.53. The summed E-state index contributed by atoms with van der Waals surface area (Å²) >= 11 is 0. The third kappa shape index (κ3) is 5.10. The Hall–Kier alpha value is -0.890. The fourth-order valence-corrected chi connectivity index (χ4v) is 2.36. The van der Waals surface area contributed by atoms with Gasteiger partial charge in [-0.25, -0.2) is 4.39 Å². The lowest BCUT2D eigenvalue weighted by Crippen LogP contribution is -2.42. The highest BCUT2D eigenvalue weighted by Gasteiger charge is 2.18. The molecule has 1 atom stereocenters. The van der Waals surface area contributed by atoms with E-state index in [0.29, 0.717) is 5.96 Å². The van der Waals surface area contributed by atoms with Gasteiger partial charge in [-0.3, -0.25) is 4.99 Å². The lowest BCUT2D eigenvalue weighted by atomic mass is 10.00. The number of nitrogens with two attached hydrogens (primary N) is 1. The third-order valence-electron chi connectivity index (χ3n) is 3.80. The number of nitrogens with zero attached hydrogens (tertiary/aromatic N) is 2. The summed E-state index contributed by atoms with van der Waals surface area (Å²) in [5, 5.41) is 9.97. The summed E-state index contributed by atoms with van der Waals surface area (Å²) in [7, 11) is 0. The highest BCUT2D eigenvalue weighted by molar-refractivity contribution is 14.0. The molecule has 3 N–H and O–H groups in total. The molecular formula is C15H23FIN3O. The topological polar surface area (TPSA) is 61.8 Å². The molecule has 0 radical (unpaired) electrons. The van der Waals surface area contributed by atoms with Crippen LogP contribution in [0.25, 0.3) is 0 Å². The van der Waals surface area contributed by atoms with Crippen LogP contribution in [0.3, 0.4) is 0 Å². The molecule has 21 heavy (non-hydrogen) atoms. The number of piperidine rings is 1. The molecule has 0 spiro atoms. The lowest BCUT2D eigenvalue weighted by Gasteiger charge is -2.31. The van der Waals surface area contributed by atoms with Crippen molar-refractivity contribution in [2.24, 2.45) is 16.6 Å². The number of guanidine groups is 1. The van der Waals surface area contributed by atoms with Gasteiger partial charge in [0, 0.05) is 18.7 Å². The van der Waals surface area contributed by atoms with Gasteiger partial charge in [-0.15, -0.1) is 24.0 Å². The molecular weight excluding hydrogens is 384 g/mol. The van der Waals surface area contributed by atoms with Gasteiger partial charge in [0.05, 0.1) is 6.54 Å². The second-order valence-corrected chi connectivity index (χ2v) is 5.41. The van der Waals surface area contributed by atoms with E-state index in [-0.39, 0.29) is 36.1 Å². The summed E-state index contributed by atoms with van der Waals surface area (Å²) in [6.07, 6.45) is 1.25. The van der Waals surface area contributed by atoms with Crippen LogP contribution in [0.4, 0.5) is 4.39 Å². The largest absolute Gasteiger partial charge is 0.386 e. The first-order valence-corrected chi connectivity index (χ1v) is 7.05. The Labute approximate surface area is 142 Å². The van der Waals surface area contributed by atoms with Gasteiger partial charge in [0.25, 0.3) is 0 Å². The lowest BCUT2D eigenvalue weighted by molar-refractivity contribution is 0.181. The van der Waals surface area contributed by atoms with Gasteiger partial charge in [-0.05, 0) is 24.8 Å². The Kier molecular flexibility index (Phi) is 7.37. The molecule has 6 heteroatoms. The van der Waals surface area contributed by atoms with E-state index >= 15 is 0 Å². The van der Waals surface area contributed by atoms with Crippen LogP contribution in [0, 0.1) is 11.7 Å². The van der Waals surface area contributed by atoms with Crippen LogP contribution in [0.15, 0.2) is 29.3 Å². The minimum absolute atomic E-state index is 0. The first-order chi connectivity index (χ1) is 9.58. The second-order valence-electron chi connectivity index (χ2n) is 5.41. The van der Waals surface area contributed by atoms with Crippen LogP contribution in [-0.4, -0.2) is 35.6 Å². The highest BCUT2D eigenvalue weighted by atomic mass is 127. The molecule has 1 saturated heterocycles. The molecule has 0 aromatic heterocycles. The van der Waals surface area contributed by atoms with E-state index in [9.17, 15) is 9.50 Å². The van der Waals surface area contributed by atoms with Crippen molar-refractivity contribution in [3.8, 4) is 0 Å². The van der Waals surface area contributed by atoms with Gasteiger partial charge in [-0.2, -0.15) is 0 Å². The van der Waals surface area contributed by atoms with Crippen molar-refractivity contribution in [1.82, 2.24) is 4.90 Å². The molecule has 1 aromatic rings. The van der Waals surface area contributed by atoms with Crippen LogP contribution in [0.2, 0.25) is 0 Å².